The van der Waals surface area contributed by atoms with E-state index in [0.29, 0.717) is 6.54 Å². The molecule has 5 heteroatoms. The lowest BCUT2D eigenvalue weighted by Gasteiger charge is -2.23. The number of nitrogens with zero attached hydrogens (tertiary/aromatic N) is 1. The van der Waals surface area contributed by atoms with E-state index in [1.807, 2.05) is 6.92 Å². The normalized spacial score (nSPS) is 29.3. The fraction of sp³-hybridized carbons (Fsp3) is 0.778. The molecule has 0 amide bonds. The summed E-state index contributed by atoms with van der Waals surface area (Å²) >= 11 is 0. The van der Waals surface area contributed by atoms with Crippen molar-refractivity contribution in [2.45, 2.75) is 19.4 Å². The molecule has 4 nitrogen and oxygen atoms in total. The van der Waals surface area contributed by atoms with Crippen molar-refractivity contribution in [1.29, 1.82) is 0 Å². The predicted octanol–water partition coefficient (Wildman–Crippen LogP) is 0.205. The molecule has 1 heterocycles. The van der Waals surface area contributed by atoms with E-state index < -0.39 is 10.0 Å². The SMILES string of the molecule is C=CCS(=O)(=O)N1CCC(C)C1CO. The monoisotopic (exact) mass is 219 g/mol. The fourth-order valence-corrected chi connectivity index (χ4v) is 3.39. The van der Waals surface area contributed by atoms with Crippen molar-refractivity contribution in [3.8, 4) is 0 Å². The molecule has 1 N–H and O–H groups in total. The molecular weight excluding hydrogens is 202 g/mol. The molecule has 82 valence electrons. The van der Waals surface area contributed by atoms with Crippen molar-refractivity contribution in [1.82, 2.24) is 4.31 Å². The Morgan fingerprint density at radius 2 is 2.29 bits per heavy atom. The summed E-state index contributed by atoms with van der Waals surface area (Å²) in [5, 5.41) is 9.11. The molecule has 1 fully saturated rings. The topological polar surface area (TPSA) is 57.6 Å². The lowest BCUT2D eigenvalue weighted by atomic mass is 10.0. The maximum Gasteiger partial charge on any atom is 0.218 e. The molecule has 0 saturated carbocycles. The molecule has 0 radical (unpaired) electrons. The highest BCUT2D eigenvalue weighted by molar-refractivity contribution is 7.89. The molecule has 1 saturated heterocycles. The molecule has 0 aromatic rings. The molecule has 2 atom stereocenters. The van der Waals surface area contributed by atoms with Gasteiger partial charge in [0.15, 0.2) is 0 Å². The Labute approximate surface area is 85.3 Å². The van der Waals surface area contributed by atoms with Gasteiger partial charge in [-0.15, -0.1) is 6.58 Å². The molecule has 0 spiro atoms. The molecule has 0 aromatic heterocycles. The van der Waals surface area contributed by atoms with E-state index in [2.05, 4.69) is 6.58 Å². The van der Waals surface area contributed by atoms with Crippen LogP contribution in [0, 0.1) is 5.92 Å². The van der Waals surface area contributed by atoms with E-state index >= 15 is 0 Å². The van der Waals surface area contributed by atoms with Gasteiger partial charge in [0.1, 0.15) is 0 Å². The smallest absolute Gasteiger partial charge is 0.218 e. The molecule has 1 aliphatic heterocycles. The average Bonchev–Trinajstić information content (AvgIpc) is 2.47. The number of rotatable bonds is 4. The van der Waals surface area contributed by atoms with Gasteiger partial charge in [-0.3, -0.25) is 0 Å². The Bertz CT molecular complexity index is 299. The highest BCUT2D eigenvalue weighted by Gasteiger charge is 2.37. The minimum atomic E-state index is -3.25. The molecule has 0 bridgehead atoms. The molecule has 1 aliphatic rings. The molecule has 2 unspecified atom stereocenters. The van der Waals surface area contributed by atoms with Gasteiger partial charge >= 0.3 is 0 Å². The maximum absolute atomic E-state index is 11.7. The summed E-state index contributed by atoms with van der Waals surface area (Å²) < 4.78 is 24.8. The fourth-order valence-electron chi connectivity index (χ4n) is 1.83. The third-order valence-corrected chi connectivity index (χ3v) is 4.53. The first-order valence-electron chi connectivity index (χ1n) is 4.74. The van der Waals surface area contributed by atoms with Gasteiger partial charge in [-0.25, -0.2) is 8.42 Å². The second-order valence-corrected chi connectivity index (χ2v) is 5.66. The van der Waals surface area contributed by atoms with Crippen LogP contribution >= 0.6 is 0 Å². The molecule has 14 heavy (non-hydrogen) atoms. The summed E-state index contributed by atoms with van der Waals surface area (Å²) in [6, 6.07) is -0.250. The van der Waals surface area contributed by atoms with E-state index in [0.717, 1.165) is 6.42 Å². The third-order valence-electron chi connectivity index (χ3n) is 2.70. The highest BCUT2D eigenvalue weighted by Crippen LogP contribution is 2.26. The first-order valence-corrected chi connectivity index (χ1v) is 6.35. The Kier molecular flexibility index (Phi) is 3.69. The van der Waals surface area contributed by atoms with E-state index in [1.165, 1.54) is 10.4 Å². The van der Waals surface area contributed by atoms with Crippen LogP contribution < -0.4 is 0 Å². The number of aliphatic hydroxyl groups is 1. The van der Waals surface area contributed by atoms with Crippen LogP contribution in [0.5, 0.6) is 0 Å². The standard InChI is InChI=1S/C9H17NO3S/c1-3-6-14(12,13)10-5-4-8(2)9(10)7-11/h3,8-9,11H,1,4-7H2,2H3. The Morgan fingerprint density at radius 3 is 2.79 bits per heavy atom. The van der Waals surface area contributed by atoms with Crippen LogP contribution in [0.25, 0.3) is 0 Å². The zero-order valence-corrected chi connectivity index (χ0v) is 9.20. The van der Waals surface area contributed by atoms with Crippen LogP contribution in [0.15, 0.2) is 12.7 Å². The van der Waals surface area contributed by atoms with Crippen molar-refractivity contribution in [2.75, 3.05) is 18.9 Å². The van der Waals surface area contributed by atoms with Crippen molar-refractivity contribution >= 4 is 10.0 Å². The quantitative estimate of drug-likeness (QED) is 0.687. The summed E-state index contributed by atoms with van der Waals surface area (Å²) in [7, 11) is -3.25. The maximum atomic E-state index is 11.7. The van der Waals surface area contributed by atoms with Crippen molar-refractivity contribution in [3.63, 3.8) is 0 Å². The lowest BCUT2D eigenvalue weighted by molar-refractivity contribution is 0.191. The number of sulfonamides is 1. The first kappa shape index (κ1) is 11.7. The minimum Gasteiger partial charge on any atom is -0.395 e. The molecule has 0 aliphatic carbocycles. The van der Waals surface area contributed by atoms with Crippen LogP contribution in [0.3, 0.4) is 0 Å². The van der Waals surface area contributed by atoms with E-state index in [1.54, 1.807) is 0 Å². The van der Waals surface area contributed by atoms with Crippen LogP contribution in [-0.2, 0) is 10.0 Å². The van der Waals surface area contributed by atoms with Gasteiger partial charge < -0.3 is 5.11 Å². The second-order valence-electron chi connectivity index (χ2n) is 3.69. The predicted molar refractivity (Wildman–Crippen MR) is 55.3 cm³/mol. The largest absolute Gasteiger partial charge is 0.395 e. The second kappa shape index (κ2) is 4.42. The zero-order valence-electron chi connectivity index (χ0n) is 8.39. The van der Waals surface area contributed by atoms with E-state index in [4.69, 9.17) is 5.11 Å². The Balaban J connectivity index is 2.83. The van der Waals surface area contributed by atoms with Gasteiger partial charge in [0.05, 0.1) is 18.4 Å². The van der Waals surface area contributed by atoms with Gasteiger partial charge in [-0.05, 0) is 12.3 Å². The zero-order chi connectivity index (χ0) is 10.8. The number of hydrogen-bond donors (Lipinski definition) is 1. The van der Waals surface area contributed by atoms with Crippen molar-refractivity contribution < 1.29 is 13.5 Å². The van der Waals surface area contributed by atoms with Crippen molar-refractivity contribution in [3.05, 3.63) is 12.7 Å². The molecule has 0 aromatic carbocycles. The average molecular weight is 219 g/mol. The van der Waals surface area contributed by atoms with Gasteiger partial charge in [0.25, 0.3) is 0 Å². The Morgan fingerprint density at radius 1 is 1.64 bits per heavy atom. The molecular formula is C9H17NO3S. The van der Waals surface area contributed by atoms with Gasteiger partial charge in [0.2, 0.25) is 10.0 Å². The summed E-state index contributed by atoms with van der Waals surface area (Å²) in [5.41, 5.74) is 0. The van der Waals surface area contributed by atoms with E-state index in [-0.39, 0.29) is 24.3 Å². The minimum absolute atomic E-state index is 0.0454. The van der Waals surface area contributed by atoms with Crippen LogP contribution in [0.1, 0.15) is 13.3 Å². The summed E-state index contributed by atoms with van der Waals surface area (Å²) in [4.78, 5) is 0. The van der Waals surface area contributed by atoms with Gasteiger partial charge in [-0.2, -0.15) is 4.31 Å². The summed E-state index contributed by atoms with van der Waals surface area (Å²) in [6.07, 6.45) is 2.20. The van der Waals surface area contributed by atoms with Crippen LogP contribution in [-0.4, -0.2) is 42.8 Å². The lowest BCUT2D eigenvalue weighted by Crippen LogP contribution is -2.40. The Hall–Kier alpha value is -0.390. The number of hydrogen-bond acceptors (Lipinski definition) is 3. The summed E-state index contributed by atoms with van der Waals surface area (Å²) in [6.45, 7) is 5.80. The van der Waals surface area contributed by atoms with Crippen molar-refractivity contribution in [2.24, 2.45) is 5.92 Å². The highest BCUT2D eigenvalue weighted by atomic mass is 32.2. The molecule has 1 rings (SSSR count). The summed E-state index contributed by atoms with van der Waals surface area (Å²) in [5.74, 6) is 0.190. The van der Waals surface area contributed by atoms with E-state index in [9.17, 15) is 8.42 Å². The first-order chi connectivity index (χ1) is 6.53. The van der Waals surface area contributed by atoms with Gasteiger partial charge in [-0.1, -0.05) is 13.0 Å². The van der Waals surface area contributed by atoms with Crippen LogP contribution in [0.2, 0.25) is 0 Å². The van der Waals surface area contributed by atoms with Gasteiger partial charge in [0, 0.05) is 6.54 Å². The number of aliphatic hydroxyl groups excluding tert-OH is 1. The third kappa shape index (κ3) is 2.16. The van der Waals surface area contributed by atoms with Crippen LogP contribution in [0.4, 0.5) is 0 Å².